The molecule has 0 N–H and O–H groups in total. The minimum absolute atomic E-state index is 0.0215. The Morgan fingerprint density at radius 3 is 2.56 bits per heavy atom. The van der Waals surface area contributed by atoms with E-state index in [9.17, 15) is 9.59 Å². The Kier molecular flexibility index (Phi) is 5.25. The van der Waals surface area contributed by atoms with Crippen LogP contribution in [-0.2, 0) is 6.54 Å². The van der Waals surface area contributed by atoms with Crippen molar-refractivity contribution in [3.63, 3.8) is 0 Å². The van der Waals surface area contributed by atoms with Gasteiger partial charge in [-0.2, -0.15) is 0 Å². The van der Waals surface area contributed by atoms with Gasteiger partial charge in [0.2, 0.25) is 0 Å². The van der Waals surface area contributed by atoms with E-state index in [1.54, 1.807) is 34.9 Å². The van der Waals surface area contributed by atoms with E-state index in [2.05, 4.69) is 4.98 Å². The second-order valence-corrected chi connectivity index (χ2v) is 7.34. The third kappa shape index (κ3) is 3.62. The van der Waals surface area contributed by atoms with Gasteiger partial charge in [-0.1, -0.05) is 35.5 Å². The molecule has 0 aliphatic rings. The third-order valence-electron chi connectivity index (χ3n) is 3.92. The molecule has 0 aliphatic carbocycles. The summed E-state index contributed by atoms with van der Waals surface area (Å²) < 4.78 is 1.61. The summed E-state index contributed by atoms with van der Waals surface area (Å²) >= 11 is 7.17. The van der Waals surface area contributed by atoms with E-state index < -0.39 is 0 Å². The largest absolute Gasteiger partial charge is 0.293 e. The van der Waals surface area contributed by atoms with Crippen LogP contribution in [0.1, 0.15) is 24.2 Å². The molecule has 0 saturated carbocycles. The molecule has 4 nitrogen and oxygen atoms in total. The van der Waals surface area contributed by atoms with E-state index in [0.717, 1.165) is 0 Å². The first-order valence-corrected chi connectivity index (χ1v) is 9.23. The Morgan fingerprint density at radius 2 is 1.88 bits per heavy atom. The van der Waals surface area contributed by atoms with Crippen molar-refractivity contribution in [2.75, 3.05) is 0 Å². The second-order valence-electron chi connectivity index (χ2n) is 5.59. The summed E-state index contributed by atoms with van der Waals surface area (Å²) in [5, 5.41) is 1.37. The van der Waals surface area contributed by atoms with Gasteiger partial charge in [-0.3, -0.25) is 14.2 Å². The van der Waals surface area contributed by atoms with Crippen LogP contribution in [0.2, 0.25) is 5.02 Å². The molecule has 1 aromatic heterocycles. The van der Waals surface area contributed by atoms with Crippen LogP contribution in [0.4, 0.5) is 0 Å². The molecule has 2 aromatic carbocycles. The minimum Gasteiger partial charge on any atom is -0.293 e. The summed E-state index contributed by atoms with van der Waals surface area (Å²) in [7, 11) is 0. The fourth-order valence-corrected chi connectivity index (χ4v) is 3.75. The van der Waals surface area contributed by atoms with E-state index >= 15 is 0 Å². The maximum Gasteiger partial charge on any atom is 0.262 e. The van der Waals surface area contributed by atoms with Crippen LogP contribution >= 0.6 is 23.4 Å². The van der Waals surface area contributed by atoms with E-state index in [-0.39, 0.29) is 16.6 Å². The van der Waals surface area contributed by atoms with E-state index in [1.807, 2.05) is 32.0 Å². The number of nitrogens with zero attached hydrogens (tertiary/aromatic N) is 2. The predicted molar refractivity (Wildman–Crippen MR) is 103 cm³/mol. The van der Waals surface area contributed by atoms with Gasteiger partial charge in [0.25, 0.3) is 5.56 Å². The number of aromatic nitrogens is 2. The second kappa shape index (κ2) is 7.42. The van der Waals surface area contributed by atoms with Crippen molar-refractivity contribution in [1.82, 2.24) is 9.55 Å². The van der Waals surface area contributed by atoms with Crippen molar-refractivity contribution in [2.24, 2.45) is 0 Å². The maximum atomic E-state index is 12.6. The molecular formula is C19H17ClN2O2S. The number of fused-ring (bicyclic) bond motifs is 1. The van der Waals surface area contributed by atoms with Crippen LogP contribution in [-0.4, -0.2) is 20.6 Å². The molecule has 0 unspecified atom stereocenters. The number of carbonyl (C=O) groups excluding carboxylic acids is 1. The van der Waals surface area contributed by atoms with Crippen LogP contribution in [0.15, 0.2) is 58.5 Å². The average Bonchev–Trinajstić information content (AvgIpc) is 2.62. The molecule has 0 amide bonds. The SMILES string of the molecule is CCn1c(S[C@H](C)C(=O)c2ccc(Cl)cc2)nc2ccccc2c1=O. The molecule has 0 radical (unpaired) electrons. The Labute approximate surface area is 154 Å². The lowest BCUT2D eigenvalue weighted by atomic mass is 10.1. The van der Waals surface area contributed by atoms with Crippen molar-refractivity contribution in [2.45, 2.75) is 30.8 Å². The van der Waals surface area contributed by atoms with E-state index in [0.29, 0.717) is 33.2 Å². The van der Waals surface area contributed by atoms with Gasteiger partial charge in [0.05, 0.1) is 16.2 Å². The topological polar surface area (TPSA) is 52.0 Å². The molecule has 0 bridgehead atoms. The summed E-state index contributed by atoms with van der Waals surface area (Å²) in [5.74, 6) is -0.0215. The molecule has 6 heteroatoms. The van der Waals surface area contributed by atoms with Crippen LogP contribution in [0, 0.1) is 0 Å². The van der Waals surface area contributed by atoms with Gasteiger partial charge in [0.1, 0.15) is 0 Å². The minimum atomic E-state index is -0.368. The van der Waals surface area contributed by atoms with Crippen LogP contribution < -0.4 is 5.56 Å². The lowest BCUT2D eigenvalue weighted by molar-refractivity contribution is 0.0994. The highest BCUT2D eigenvalue weighted by atomic mass is 35.5. The molecule has 25 heavy (non-hydrogen) atoms. The molecule has 0 fully saturated rings. The number of para-hydroxylation sites is 1. The molecule has 3 rings (SSSR count). The van der Waals surface area contributed by atoms with Gasteiger partial charge in [0, 0.05) is 17.1 Å². The number of ketones is 1. The Hall–Kier alpha value is -2.11. The molecule has 1 atom stereocenters. The van der Waals surface area contributed by atoms with Gasteiger partial charge in [-0.05, 0) is 50.2 Å². The van der Waals surface area contributed by atoms with Crippen LogP contribution in [0.3, 0.4) is 0 Å². The summed E-state index contributed by atoms with van der Waals surface area (Å²) in [5.41, 5.74) is 1.16. The number of thioether (sulfide) groups is 1. The number of rotatable bonds is 5. The molecule has 3 aromatic rings. The summed E-state index contributed by atoms with van der Waals surface area (Å²) in [6, 6.07) is 14.1. The van der Waals surface area contributed by atoms with Crippen LogP contribution in [0.25, 0.3) is 10.9 Å². The van der Waals surface area contributed by atoms with Gasteiger partial charge in [0.15, 0.2) is 10.9 Å². The van der Waals surface area contributed by atoms with E-state index in [1.165, 1.54) is 11.8 Å². The first-order chi connectivity index (χ1) is 12.0. The lowest BCUT2D eigenvalue weighted by Crippen LogP contribution is -2.24. The molecule has 0 aliphatic heterocycles. The Morgan fingerprint density at radius 1 is 1.20 bits per heavy atom. The first-order valence-electron chi connectivity index (χ1n) is 7.97. The molecule has 0 saturated heterocycles. The Bertz CT molecular complexity index is 983. The summed E-state index contributed by atoms with van der Waals surface area (Å²) in [4.78, 5) is 29.9. The fraction of sp³-hybridized carbons (Fsp3) is 0.211. The highest BCUT2D eigenvalue weighted by Gasteiger charge is 2.20. The lowest BCUT2D eigenvalue weighted by Gasteiger charge is -2.14. The smallest absolute Gasteiger partial charge is 0.262 e. The van der Waals surface area contributed by atoms with Crippen LogP contribution in [0.5, 0.6) is 0 Å². The number of hydrogen-bond acceptors (Lipinski definition) is 4. The first kappa shape index (κ1) is 17.7. The number of benzene rings is 2. The highest BCUT2D eigenvalue weighted by molar-refractivity contribution is 8.00. The van der Waals surface area contributed by atoms with Crippen molar-refractivity contribution in [3.8, 4) is 0 Å². The van der Waals surface area contributed by atoms with Gasteiger partial charge in [-0.15, -0.1) is 0 Å². The average molecular weight is 373 g/mol. The zero-order valence-electron chi connectivity index (χ0n) is 13.9. The van der Waals surface area contributed by atoms with Crippen molar-refractivity contribution in [3.05, 3.63) is 69.5 Å². The normalized spacial score (nSPS) is 12.3. The zero-order valence-corrected chi connectivity index (χ0v) is 15.5. The number of carbonyl (C=O) groups is 1. The predicted octanol–water partition coefficient (Wildman–Crippen LogP) is 4.43. The molecule has 128 valence electrons. The number of halogens is 1. The van der Waals surface area contributed by atoms with E-state index in [4.69, 9.17) is 11.6 Å². The molecular weight excluding hydrogens is 356 g/mol. The quantitative estimate of drug-likeness (QED) is 0.377. The van der Waals surface area contributed by atoms with Crippen molar-refractivity contribution in [1.29, 1.82) is 0 Å². The zero-order chi connectivity index (χ0) is 18.0. The van der Waals surface area contributed by atoms with Gasteiger partial charge < -0.3 is 0 Å². The molecule has 1 heterocycles. The standard InChI is InChI=1S/C19H17ClN2O2S/c1-3-22-18(24)15-6-4-5-7-16(15)21-19(22)25-12(2)17(23)13-8-10-14(20)11-9-13/h4-12H,3H2,1-2H3/t12-/m1/s1. The summed E-state index contributed by atoms with van der Waals surface area (Å²) in [6.07, 6.45) is 0. The number of hydrogen-bond donors (Lipinski definition) is 0. The summed E-state index contributed by atoms with van der Waals surface area (Å²) in [6.45, 7) is 4.22. The Balaban J connectivity index is 1.95. The van der Waals surface area contributed by atoms with Crippen molar-refractivity contribution < 1.29 is 4.79 Å². The maximum absolute atomic E-state index is 12.6. The number of Topliss-reactive ketones (excluding diaryl/α,β-unsaturated/α-hetero) is 1. The fourth-order valence-electron chi connectivity index (χ4n) is 2.58. The van der Waals surface area contributed by atoms with Crippen molar-refractivity contribution >= 4 is 40.0 Å². The highest BCUT2D eigenvalue weighted by Crippen LogP contribution is 2.25. The third-order valence-corrected chi connectivity index (χ3v) is 5.27. The van der Waals surface area contributed by atoms with Gasteiger partial charge in [-0.25, -0.2) is 4.98 Å². The monoisotopic (exact) mass is 372 g/mol. The molecule has 0 spiro atoms. The van der Waals surface area contributed by atoms with Gasteiger partial charge >= 0.3 is 0 Å².